The highest BCUT2D eigenvalue weighted by atomic mass is 32.2. The average Bonchev–Trinajstić information content (AvgIpc) is 2.91. The van der Waals surface area contributed by atoms with Crippen LogP contribution in [-0.2, 0) is 15.1 Å². The number of hydrogen-bond acceptors (Lipinski definition) is 4. The second-order valence-corrected chi connectivity index (χ2v) is 7.99. The Labute approximate surface area is 168 Å². The number of carbonyl (C=O) groups is 3. The predicted molar refractivity (Wildman–Crippen MR) is 109 cm³/mol. The van der Waals surface area contributed by atoms with Crippen molar-refractivity contribution >= 4 is 29.6 Å². The number of benzene rings is 2. The maximum atomic E-state index is 12.8. The average molecular weight is 398 g/mol. The van der Waals surface area contributed by atoms with E-state index in [2.05, 4.69) is 10.6 Å². The molecule has 1 aliphatic rings. The fourth-order valence-electron chi connectivity index (χ4n) is 3.00. The third kappa shape index (κ3) is 4.36. The van der Waals surface area contributed by atoms with Gasteiger partial charge in [0, 0.05) is 17.2 Å². The van der Waals surface area contributed by atoms with E-state index < -0.39 is 17.5 Å². The smallest absolute Gasteiger partial charge is 0.325 e. The second kappa shape index (κ2) is 8.48. The zero-order chi connectivity index (χ0) is 20.1. The number of thioether (sulfide) groups is 1. The van der Waals surface area contributed by atoms with Gasteiger partial charge in [-0.15, -0.1) is 11.8 Å². The van der Waals surface area contributed by atoms with Crippen molar-refractivity contribution in [3.05, 3.63) is 65.7 Å². The molecule has 0 aromatic heterocycles. The molecule has 1 fully saturated rings. The van der Waals surface area contributed by atoms with Gasteiger partial charge < -0.3 is 10.6 Å². The molecule has 0 spiro atoms. The number of carbonyl (C=O) groups excluding carboxylic acids is 3. The number of rotatable bonds is 7. The van der Waals surface area contributed by atoms with Crippen LogP contribution in [0.1, 0.15) is 18.1 Å². The van der Waals surface area contributed by atoms with Crippen LogP contribution in [-0.4, -0.2) is 41.6 Å². The molecule has 146 valence electrons. The lowest BCUT2D eigenvalue weighted by atomic mass is 9.92. The van der Waals surface area contributed by atoms with Crippen LogP contribution < -0.4 is 10.6 Å². The summed E-state index contributed by atoms with van der Waals surface area (Å²) in [6.45, 7) is 3.85. The topological polar surface area (TPSA) is 78.5 Å². The molecule has 0 saturated carbocycles. The molecular weight excluding hydrogens is 374 g/mol. The van der Waals surface area contributed by atoms with Crippen LogP contribution in [0.25, 0.3) is 0 Å². The summed E-state index contributed by atoms with van der Waals surface area (Å²) in [7, 11) is 0. The lowest BCUT2D eigenvalue weighted by Gasteiger charge is -2.22. The summed E-state index contributed by atoms with van der Waals surface area (Å²) in [6.07, 6.45) is 0. The van der Waals surface area contributed by atoms with E-state index in [0.29, 0.717) is 17.9 Å². The summed E-state index contributed by atoms with van der Waals surface area (Å²) in [5, 5.41) is 5.46. The van der Waals surface area contributed by atoms with Gasteiger partial charge in [0.25, 0.3) is 5.91 Å². The fourth-order valence-corrected chi connectivity index (χ4v) is 3.77. The standard InChI is InChI=1S/C21H23N3O3S/c1-15-8-10-17(11-9-15)28-13-12-22-18(25)14-24-19(26)21(2,23-20(24)27)16-6-4-3-5-7-16/h3-11H,12-14H2,1-2H3,(H,22,25)(H,23,27)/t21-/m1/s1. The van der Waals surface area contributed by atoms with E-state index in [1.807, 2.05) is 37.3 Å². The van der Waals surface area contributed by atoms with Gasteiger partial charge in [-0.2, -0.15) is 0 Å². The Hall–Kier alpha value is -2.80. The molecule has 4 amide bonds. The van der Waals surface area contributed by atoms with Crippen LogP contribution in [0.3, 0.4) is 0 Å². The summed E-state index contributed by atoms with van der Waals surface area (Å²) in [4.78, 5) is 39.3. The van der Waals surface area contributed by atoms with E-state index in [0.717, 1.165) is 9.80 Å². The quantitative estimate of drug-likeness (QED) is 0.428. The predicted octanol–water partition coefficient (Wildman–Crippen LogP) is 2.67. The Kier molecular flexibility index (Phi) is 6.04. The van der Waals surface area contributed by atoms with Crippen molar-refractivity contribution in [1.29, 1.82) is 0 Å². The number of nitrogens with zero attached hydrogens (tertiary/aromatic N) is 1. The summed E-state index contributed by atoms with van der Waals surface area (Å²) < 4.78 is 0. The molecule has 1 heterocycles. The van der Waals surface area contributed by atoms with Gasteiger partial charge in [-0.3, -0.25) is 14.5 Å². The number of hydrogen-bond donors (Lipinski definition) is 2. The van der Waals surface area contributed by atoms with Gasteiger partial charge in [-0.25, -0.2) is 4.79 Å². The van der Waals surface area contributed by atoms with Gasteiger partial charge in [-0.05, 0) is 31.5 Å². The highest BCUT2D eigenvalue weighted by Crippen LogP contribution is 2.28. The largest absolute Gasteiger partial charge is 0.354 e. The Morgan fingerprint density at radius 2 is 1.79 bits per heavy atom. The lowest BCUT2D eigenvalue weighted by molar-refractivity contribution is -0.134. The third-order valence-electron chi connectivity index (χ3n) is 4.64. The van der Waals surface area contributed by atoms with Crippen LogP contribution in [0.2, 0.25) is 0 Å². The molecule has 1 saturated heterocycles. The van der Waals surface area contributed by atoms with Crippen LogP contribution in [0.15, 0.2) is 59.5 Å². The normalized spacial score (nSPS) is 18.9. The van der Waals surface area contributed by atoms with Gasteiger partial charge in [0.1, 0.15) is 12.1 Å². The zero-order valence-corrected chi connectivity index (χ0v) is 16.7. The first-order chi connectivity index (χ1) is 13.4. The number of urea groups is 1. The number of imide groups is 1. The van der Waals surface area contributed by atoms with Crippen molar-refractivity contribution in [2.24, 2.45) is 0 Å². The van der Waals surface area contributed by atoms with E-state index in [1.54, 1.807) is 43.0 Å². The van der Waals surface area contributed by atoms with E-state index in [4.69, 9.17) is 0 Å². The number of nitrogens with one attached hydrogen (secondary N) is 2. The number of amides is 4. The Balaban J connectivity index is 1.50. The molecule has 0 unspecified atom stereocenters. The van der Waals surface area contributed by atoms with Crippen LogP contribution in [0.5, 0.6) is 0 Å². The molecule has 2 N–H and O–H groups in total. The molecule has 6 nitrogen and oxygen atoms in total. The Morgan fingerprint density at radius 3 is 2.46 bits per heavy atom. The van der Waals surface area contributed by atoms with Crippen molar-refractivity contribution < 1.29 is 14.4 Å². The van der Waals surface area contributed by atoms with E-state index >= 15 is 0 Å². The molecule has 7 heteroatoms. The van der Waals surface area contributed by atoms with Gasteiger partial charge in [-0.1, -0.05) is 48.0 Å². The molecule has 2 aromatic rings. The zero-order valence-electron chi connectivity index (χ0n) is 15.9. The molecule has 1 atom stereocenters. The molecule has 28 heavy (non-hydrogen) atoms. The van der Waals surface area contributed by atoms with E-state index in [-0.39, 0.29) is 12.5 Å². The second-order valence-electron chi connectivity index (χ2n) is 6.82. The minimum Gasteiger partial charge on any atom is -0.354 e. The molecule has 2 aromatic carbocycles. The first-order valence-corrected chi connectivity index (χ1v) is 10.0. The van der Waals surface area contributed by atoms with Crippen LogP contribution in [0, 0.1) is 6.92 Å². The monoisotopic (exact) mass is 397 g/mol. The SMILES string of the molecule is Cc1ccc(SCCNC(=O)CN2C(=O)N[C@](C)(c3ccccc3)C2=O)cc1. The van der Waals surface area contributed by atoms with Crippen molar-refractivity contribution in [1.82, 2.24) is 15.5 Å². The van der Waals surface area contributed by atoms with E-state index in [9.17, 15) is 14.4 Å². The van der Waals surface area contributed by atoms with Crippen LogP contribution >= 0.6 is 11.8 Å². The molecular formula is C21H23N3O3S. The molecule has 0 radical (unpaired) electrons. The summed E-state index contributed by atoms with van der Waals surface area (Å²) in [5.41, 5.74) is 0.736. The lowest BCUT2D eigenvalue weighted by Crippen LogP contribution is -2.43. The summed E-state index contributed by atoms with van der Waals surface area (Å²) in [6, 6.07) is 16.6. The van der Waals surface area contributed by atoms with Crippen LogP contribution in [0.4, 0.5) is 4.79 Å². The minimum atomic E-state index is -1.15. The Morgan fingerprint density at radius 1 is 1.11 bits per heavy atom. The summed E-state index contributed by atoms with van der Waals surface area (Å²) >= 11 is 1.64. The maximum absolute atomic E-state index is 12.8. The van der Waals surface area contributed by atoms with Gasteiger partial charge >= 0.3 is 6.03 Å². The van der Waals surface area contributed by atoms with E-state index in [1.165, 1.54) is 5.56 Å². The van der Waals surface area contributed by atoms with Crippen molar-refractivity contribution in [2.45, 2.75) is 24.3 Å². The molecule has 0 bridgehead atoms. The molecule has 3 rings (SSSR count). The first kappa shape index (κ1) is 19.9. The van der Waals surface area contributed by atoms with Gasteiger partial charge in [0.2, 0.25) is 5.91 Å². The van der Waals surface area contributed by atoms with Crippen molar-refractivity contribution in [2.75, 3.05) is 18.8 Å². The first-order valence-electron chi connectivity index (χ1n) is 9.06. The minimum absolute atomic E-state index is 0.289. The maximum Gasteiger partial charge on any atom is 0.325 e. The fraction of sp³-hybridized carbons (Fsp3) is 0.286. The summed E-state index contributed by atoms with van der Waals surface area (Å²) in [5.74, 6) is -0.0744. The number of aryl methyl sites for hydroxylation is 1. The molecule has 0 aliphatic carbocycles. The highest BCUT2D eigenvalue weighted by molar-refractivity contribution is 7.99. The van der Waals surface area contributed by atoms with Gasteiger partial charge in [0.15, 0.2) is 0 Å². The van der Waals surface area contributed by atoms with Crippen molar-refractivity contribution in [3.63, 3.8) is 0 Å². The molecule has 1 aliphatic heterocycles. The third-order valence-corrected chi connectivity index (χ3v) is 5.66. The van der Waals surface area contributed by atoms with Crippen molar-refractivity contribution in [3.8, 4) is 0 Å². The Bertz CT molecular complexity index is 870. The van der Waals surface area contributed by atoms with Gasteiger partial charge in [0.05, 0.1) is 0 Å². The highest BCUT2D eigenvalue weighted by Gasteiger charge is 2.49.